The van der Waals surface area contributed by atoms with Gasteiger partial charge >= 0.3 is 0 Å². The number of rotatable bonds is 4. The molecule has 4 rings (SSSR count). The van der Waals surface area contributed by atoms with Crippen molar-refractivity contribution in [1.29, 1.82) is 0 Å². The standard InChI is InChI=1S/C23H18ClNO3/c1-14-12-17(24)13-18-20(14)25-22(27)23(18,28)19(15-8-4-2-5-9-15)21(26)16-10-6-3-7-11-16/h2-13,19,28H,1H3,(H,25,27)/t19-,23+/m0/s1. The van der Waals surface area contributed by atoms with Gasteiger partial charge in [0.25, 0.3) is 5.91 Å². The summed E-state index contributed by atoms with van der Waals surface area (Å²) in [7, 11) is 0. The summed E-state index contributed by atoms with van der Waals surface area (Å²) in [6.07, 6.45) is 0. The molecule has 0 bridgehead atoms. The van der Waals surface area contributed by atoms with E-state index in [-0.39, 0.29) is 5.78 Å². The monoisotopic (exact) mass is 391 g/mol. The third-order valence-corrected chi connectivity index (χ3v) is 5.39. The zero-order chi connectivity index (χ0) is 19.9. The number of aryl methyl sites for hydroxylation is 1. The van der Waals surface area contributed by atoms with Crippen LogP contribution in [0.2, 0.25) is 5.02 Å². The van der Waals surface area contributed by atoms with Crippen molar-refractivity contribution >= 4 is 29.0 Å². The molecule has 0 radical (unpaired) electrons. The van der Waals surface area contributed by atoms with Crippen LogP contribution in [-0.2, 0) is 10.4 Å². The number of anilines is 1. The average Bonchev–Trinajstić information content (AvgIpc) is 2.95. The van der Waals surface area contributed by atoms with Crippen LogP contribution in [0.5, 0.6) is 0 Å². The first-order valence-electron chi connectivity index (χ1n) is 8.91. The van der Waals surface area contributed by atoms with E-state index in [1.54, 1.807) is 67.6 Å². The summed E-state index contributed by atoms with van der Waals surface area (Å²) in [5.41, 5.74) is 0.452. The molecule has 140 valence electrons. The van der Waals surface area contributed by atoms with Gasteiger partial charge in [0.15, 0.2) is 11.4 Å². The molecule has 1 heterocycles. The van der Waals surface area contributed by atoms with E-state index in [9.17, 15) is 14.7 Å². The van der Waals surface area contributed by atoms with Crippen LogP contribution in [0, 0.1) is 6.92 Å². The van der Waals surface area contributed by atoms with Crippen molar-refractivity contribution in [2.24, 2.45) is 0 Å². The van der Waals surface area contributed by atoms with Crippen molar-refractivity contribution in [2.75, 3.05) is 5.32 Å². The molecule has 1 aliphatic rings. The number of fused-ring (bicyclic) bond motifs is 1. The van der Waals surface area contributed by atoms with Gasteiger partial charge in [-0.05, 0) is 30.2 Å². The topological polar surface area (TPSA) is 66.4 Å². The van der Waals surface area contributed by atoms with Crippen molar-refractivity contribution < 1.29 is 14.7 Å². The molecule has 2 N–H and O–H groups in total. The fraction of sp³-hybridized carbons (Fsp3) is 0.130. The summed E-state index contributed by atoms with van der Waals surface area (Å²) in [5.74, 6) is -2.09. The van der Waals surface area contributed by atoms with Crippen molar-refractivity contribution in [2.45, 2.75) is 18.4 Å². The lowest BCUT2D eigenvalue weighted by Crippen LogP contribution is -2.44. The van der Waals surface area contributed by atoms with Crippen LogP contribution < -0.4 is 5.32 Å². The first kappa shape index (κ1) is 18.4. The molecule has 1 aliphatic heterocycles. The Morgan fingerprint density at radius 3 is 2.29 bits per heavy atom. The summed E-state index contributed by atoms with van der Waals surface area (Å²) in [6, 6.07) is 20.8. The highest BCUT2D eigenvalue weighted by atomic mass is 35.5. The highest BCUT2D eigenvalue weighted by molar-refractivity contribution is 6.31. The SMILES string of the molecule is Cc1cc(Cl)cc2c1NC(=O)[C@]2(O)[C@H](C(=O)c1ccccc1)c1ccccc1. The molecule has 5 heteroatoms. The number of benzene rings is 3. The van der Waals surface area contributed by atoms with E-state index in [1.165, 1.54) is 0 Å². The molecule has 3 aromatic rings. The van der Waals surface area contributed by atoms with E-state index in [0.29, 0.717) is 27.4 Å². The zero-order valence-electron chi connectivity index (χ0n) is 15.1. The molecule has 0 fully saturated rings. The molecule has 2 atom stereocenters. The number of amides is 1. The van der Waals surface area contributed by atoms with Crippen molar-refractivity contribution in [3.63, 3.8) is 0 Å². The number of Topliss-reactive ketones (excluding diaryl/α,β-unsaturated/α-hetero) is 1. The number of carbonyl (C=O) groups is 2. The largest absolute Gasteiger partial charge is 0.374 e. The quantitative estimate of drug-likeness (QED) is 0.645. The van der Waals surface area contributed by atoms with Crippen LogP contribution in [-0.4, -0.2) is 16.8 Å². The summed E-state index contributed by atoms with van der Waals surface area (Å²) in [4.78, 5) is 26.5. The summed E-state index contributed by atoms with van der Waals surface area (Å²) < 4.78 is 0. The maximum Gasteiger partial charge on any atom is 0.262 e. The van der Waals surface area contributed by atoms with Gasteiger partial charge in [-0.25, -0.2) is 0 Å². The molecule has 1 amide bonds. The number of carbonyl (C=O) groups excluding carboxylic acids is 2. The highest BCUT2D eigenvalue weighted by Crippen LogP contribution is 2.48. The van der Waals surface area contributed by atoms with Gasteiger partial charge < -0.3 is 10.4 Å². The number of halogens is 1. The average molecular weight is 392 g/mol. The number of hydrogen-bond acceptors (Lipinski definition) is 3. The minimum atomic E-state index is -2.07. The molecular weight excluding hydrogens is 374 g/mol. The Kier molecular flexibility index (Phi) is 4.53. The molecular formula is C23H18ClNO3. The smallest absolute Gasteiger partial charge is 0.262 e. The number of aliphatic hydroxyl groups is 1. The molecule has 4 nitrogen and oxygen atoms in total. The van der Waals surface area contributed by atoms with Crippen LogP contribution >= 0.6 is 11.6 Å². The second kappa shape index (κ2) is 6.89. The van der Waals surface area contributed by atoms with E-state index in [1.807, 2.05) is 12.1 Å². The molecule has 0 saturated carbocycles. The van der Waals surface area contributed by atoms with E-state index in [2.05, 4.69) is 5.32 Å². The minimum Gasteiger partial charge on any atom is -0.374 e. The summed E-state index contributed by atoms with van der Waals surface area (Å²) >= 11 is 6.22. The van der Waals surface area contributed by atoms with Crippen molar-refractivity contribution in [3.8, 4) is 0 Å². The van der Waals surface area contributed by atoms with E-state index in [4.69, 9.17) is 11.6 Å². The van der Waals surface area contributed by atoms with Gasteiger partial charge in [0.05, 0.1) is 11.6 Å². The minimum absolute atomic E-state index is 0.320. The van der Waals surface area contributed by atoms with Gasteiger partial charge in [-0.15, -0.1) is 0 Å². The van der Waals surface area contributed by atoms with E-state index >= 15 is 0 Å². The van der Waals surface area contributed by atoms with Gasteiger partial charge in [0.2, 0.25) is 0 Å². The number of ketones is 1. The second-order valence-electron chi connectivity index (χ2n) is 6.94. The van der Waals surface area contributed by atoms with Crippen LogP contribution in [0.15, 0.2) is 72.8 Å². The summed E-state index contributed by atoms with van der Waals surface area (Å²) in [5, 5.41) is 14.8. The fourth-order valence-corrected chi connectivity index (χ4v) is 4.10. The molecule has 28 heavy (non-hydrogen) atoms. The molecule has 0 unspecified atom stereocenters. The van der Waals surface area contributed by atoms with Gasteiger partial charge in [-0.2, -0.15) is 0 Å². The third kappa shape index (κ3) is 2.82. The first-order chi connectivity index (χ1) is 13.4. The first-order valence-corrected chi connectivity index (χ1v) is 9.29. The Morgan fingerprint density at radius 2 is 1.64 bits per heavy atom. The highest BCUT2D eigenvalue weighted by Gasteiger charge is 2.55. The van der Waals surface area contributed by atoms with Gasteiger partial charge in [-0.1, -0.05) is 72.3 Å². The molecule has 0 spiro atoms. The van der Waals surface area contributed by atoms with Crippen molar-refractivity contribution in [1.82, 2.24) is 0 Å². The number of hydrogen-bond donors (Lipinski definition) is 2. The lowest BCUT2D eigenvalue weighted by atomic mass is 9.74. The molecule has 0 aromatic heterocycles. The Labute approximate surface area is 167 Å². The fourth-order valence-electron chi connectivity index (χ4n) is 3.82. The van der Waals surface area contributed by atoms with E-state index in [0.717, 1.165) is 5.56 Å². The Balaban J connectivity index is 1.96. The predicted molar refractivity (Wildman–Crippen MR) is 109 cm³/mol. The van der Waals surface area contributed by atoms with Crippen LogP contribution in [0.4, 0.5) is 5.69 Å². The third-order valence-electron chi connectivity index (χ3n) is 5.17. The van der Waals surface area contributed by atoms with Crippen LogP contribution in [0.1, 0.15) is 33.0 Å². The van der Waals surface area contributed by atoms with Crippen molar-refractivity contribution in [3.05, 3.63) is 100 Å². The van der Waals surface area contributed by atoms with E-state index < -0.39 is 17.4 Å². The lowest BCUT2D eigenvalue weighted by molar-refractivity contribution is -0.135. The second-order valence-corrected chi connectivity index (χ2v) is 7.38. The maximum atomic E-state index is 13.5. The molecule has 3 aromatic carbocycles. The van der Waals surface area contributed by atoms with Gasteiger partial charge in [0, 0.05) is 16.1 Å². The normalized spacial score (nSPS) is 19.0. The Hall–Kier alpha value is -2.95. The summed E-state index contributed by atoms with van der Waals surface area (Å²) in [6.45, 7) is 1.80. The van der Waals surface area contributed by atoms with Crippen LogP contribution in [0.25, 0.3) is 0 Å². The maximum absolute atomic E-state index is 13.5. The molecule has 0 saturated heterocycles. The van der Waals surface area contributed by atoms with Crippen LogP contribution in [0.3, 0.4) is 0 Å². The zero-order valence-corrected chi connectivity index (χ0v) is 15.9. The Morgan fingerprint density at radius 1 is 1.04 bits per heavy atom. The lowest BCUT2D eigenvalue weighted by Gasteiger charge is -2.30. The number of nitrogens with one attached hydrogen (secondary N) is 1. The molecule has 0 aliphatic carbocycles. The van der Waals surface area contributed by atoms with Gasteiger partial charge in [-0.3, -0.25) is 9.59 Å². The Bertz CT molecular complexity index is 1070. The van der Waals surface area contributed by atoms with Gasteiger partial charge in [0.1, 0.15) is 0 Å². The predicted octanol–water partition coefficient (Wildman–Crippen LogP) is 4.45.